The number of aromatic nitrogens is 1. The van der Waals surface area contributed by atoms with Crippen molar-refractivity contribution in [3.8, 4) is 5.75 Å². The molecule has 0 saturated heterocycles. The number of rotatable bonds is 9. The maximum absolute atomic E-state index is 5.51. The Balaban J connectivity index is 2.71. The van der Waals surface area contributed by atoms with Crippen LogP contribution in [0.15, 0.2) is 18.5 Å². The average Bonchev–Trinajstić information content (AvgIpc) is 2.43. The van der Waals surface area contributed by atoms with E-state index in [9.17, 15) is 0 Å². The van der Waals surface area contributed by atoms with Crippen molar-refractivity contribution in [3.05, 3.63) is 24.0 Å². The van der Waals surface area contributed by atoms with Crippen molar-refractivity contribution in [2.45, 2.75) is 45.8 Å². The molecule has 0 radical (unpaired) electrons. The van der Waals surface area contributed by atoms with E-state index < -0.39 is 0 Å². The van der Waals surface area contributed by atoms with Gasteiger partial charge in [0.2, 0.25) is 0 Å². The Morgan fingerprint density at radius 3 is 2.68 bits per heavy atom. The standard InChI is InChI=1S/C15H26N2O2/c1-5-17-15(8-7-12(3)18-4)13-9-14(19-6-2)11-16-10-13/h9-12,15,17H,5-8H2,1-4H3. The predicted octanol–water partition coefficient (Wildman–Crippen LogP) is 2.95. The van der Waals surface area contributed by atoms with Gasteiger partial charge in [0.15, 0.2) is 0 Å². The lowest BCUT2D eigenvalue weighted by molar-refractivity contribution is 0.106. The highest BCUT2D eigenvalue weighted by atomic mass is 16.5. The lowest BCUT2D eigenvalue weighted by Crippen LogP contribution is -2.22. The summed E-state index contributed by atoms with van der Waals surface area (Å²) in [4.78, 5) is 4.26. The quantitative estimate of drug-likeness (QED) is 0.746. The van der Waals surface area contributed by atoms with Gasteiger partial charge in [-0.2, -0.15) is 0 Å². The maximum atomic E-state index is 5.51. The molecule has 2 atom stereocenters. The summed E-state index contributed by atoms with van der Waals surface area (Å²) in [5.41, 5.74) is 1.18. The summed E-state index contributed by atoms with van der Waals surface area (Å²) in [5, 5.41) is 3.50. The van der Waals surface area contributed by atoms with Crippen molar-refractivity contribution in [3.63, 3.8) is 0 Å². The molecule has 1 N–H and O–H groups in total. The van der Waals surface area contributed by atoms with Gasteiger partial charge in [0.25, 0.3) is 0 Å². The molecule has 4 nitrogen and oxygen atoms in total. The second kappa shape index (κ2) is 8.88. The monoisotopic (exact) mass is 266 g/mol. The van der Waals surface area contributed by atoms with Crippen LogP contribution in [0.2, 0.25) is 0 Å². The molecule has 0 aliphatic heterocycles. The van der Waals surface area contributed by atoms with Crippen LogP contribution in [0.1, 0.15) is 45.2 Å². The second-order valence-electron chi connectivity index (χ2n) is 4.62. The number of pyridine rings is 1. The van der Waals surface area contributed by atoms with Crippen LogP contribution in [0.3, 0.4) is 0 Å². The zero-order chi connectivity index (χ0) is 14.1. The summed E-state index contributed by atoms with van der Waals surface area (Å²) in [6.45, 7) is 7.79. The van der Waals surface area contributed by atoms with E-state index in [1.165, 1.54) is 5.56 Å². The van der Waals surface area contributed by atoms with Crippen molar-refractivity contribution >= 4 is 0 Å². The fourth-order valence-corrected chi connectivity index (χ4v) is 2.02. The summed E-state index contributed by atoms with van der Waals surface area (Å²) in [6, 6.07) is 2.37. The highest BCUT2D eigenvalue weighted by molar-refractivity contribution is 5.26. The summed E-state index contributed by atoms with van der Waals surface area (Å²) in [6.07, 6.45) is 6.00. The Morgan fingerprint density at radius 2 is 2.05 bits per heavy atom. The number of ether oxygens (including phenoxy) is 2. The molecule has 2 unspecified atom stereocenters. The first kappa shape index (κ1) is 15.9. The number of hydrogen-bond donors (Lipinski definition) is 1. The molecule has 0 aliphatic carbocycles. The zero-order valence-electron chi connectivity index (χ0n) is 12.5. The maximum Gasteiger partial charge on any atom is 0.137 e. The van der Waals surface area contributed by atoms with Gasteiger partial charge in [-0.25, -0.2) is 0 Å². The number of hydrogen-bond acceptors (Lipinski definition) is 4. The van der Waals surface area contributed by atoms with E-state index in [4.69, 9.17) is 9.47 Å². The SMILES string of the molecule is CCNC(CCC(C)OC)c1cncc(OCC)c1. The molecule has 1 aromatic rings. The van der Waals surface area contributed by atoms with Crippen molar-refractivity contribution < 1.29 is 9.47 Å². The first-order chi connectivity index (χ1) is 9.21. The van der Waals surface area contributed by atoms with Crippen LogP contribution in [-0.4, -0.2) is 31.3 Å². The summed E-state index contributed by atoms with van der Waals surface area (Å²) >= 11 is 0. The van der Waals surface area contributed by atoms with Gasteiger partial charge in [-0.15, -0.1) is 0 Å². The van der Waals surface area contributed by atoms with Gasteiger partial charge in [0.1, 0.15) is 5.75 Å². The van der Waals surface area contributed by atoms with E-state index in [2.05, 4.69) is 30.2 Å². The van der Waals surface area contributed by atoms with Gasteiger partial charge < -0.3 is 14.8 Å². The van der Waals surface area contributed by atoms with Crippen LogP contribution < -0.4 is 10.1 Å². The van der Waals surface area contributed by atoms with E-state index in [0.29, 0.717) is 12.6 Å². The fraction of sp³-hybridized carbons (Fsp3) is 0.667. The number of nitrogens with zero attached hydrogens (tertiary/aromatic N) is 1. The number of nitrogens with one attached hydrogen (secondary N) is 1. The smallest absolute Gasteiger partial charge is 0.137 e. The van der Waals surface area contributed by atoms with Crippen LogP contribution >= 0.6 is 0 Å². The number of methoxy groups -OCH3 is 1. The van der Waals surface area contributed by atoms with Gasteiger partial charge in [0.05, 0.1) is 18.9 Å². The van der Waals surface area contributed by atoms with E-state index >= 15 is 0 Å². The molecule has 0 aromatic carbocycles. The van der Waals surface area contributed by atoms with Gasteiger partial charge in [-0.05, 0) is 44.9 Å². The molecule has 0 amide bonds. The minimum Gasteiger partial charge on any atom is -0.492 e. The van der Waals surface area contributed by atoms with E-state index in [0.717, 1.165) is 25.1 Å². The molecule has 0 spiro atoms. The fourth-order valence-electron chi connectivity index (χ4n) is 2.02. The first-order valence-electron chi connectivity index (χ1n) is 7.05. The third-order valence-electron chi connectivity index (χ3n) is 3.16. The molecule has 108 valence electrons. The largest absolute Gasteiger partial charge is 0.492 e. The van der Waals surface area contributed by atoms with E-state index in [1.54, 1.807) is 13.3 Å². The van der Waals surface area contributed by atoms with Gasteiger partial charge in [-0.1, -0.05) is 6.92 Å². The van der Waals surface area contributed by atoms with Crippen molar-refractivity contribution in [2.75, 3.05) is 20.3 Å². The van der Waals surface area contributed by atoms with E-state index in [1.807, 2.05) is 13.1 Å². The van der Waals surface area contributed by atoms with Crippen LogP contribution in [0.25, 0.3) is 0 Å². The molecule has 0 bridgehead atoms. The Labute approximate surface area is 116 Å². The Hall–Kier alpha value is -1.13. The van der Waals surface area contributed by atoms with E-state index in [-0.39, 0.29) is 6.10 Å². The molecular formula is C15H26N2O2. The minimum absolute atomic E-state index is 0.282. The Morgan fingerprint density at radius 1 is 1.26 bits per heavy atom. The Kier molecular flexibility index (Phi) is 7.45. The molecule has 0 aliphatic rings. The third-order valence-corrected chi connectivity index (χ3v) is 3.16. The van der Waals surface area contributed by atoms with Crippen molar-refractivity contribution in [1.29, 1.82) is 0 Å². The first-order valence-corrected chi connectivity index (χ1v) is 7.05. The topological polar surface area (TPSA) is 43.4 Å². The van der Waals surface area contributed by atoms with Gasteiger partial charge in [0, 0.05) is 19.3 Å². The third kappa shape index (κ3) is 5.57. The molecule has 1 heterocycles. The van der Waals surface area contributed by atoms with Crippen LogP contribution in [0, 0.1) is 0 Å². The molecule has 1 rings (SSSR count). The lowest BCUT2D eigenvalue weighted by atomic mass is 10.0. The highest BCUT2D eigenvalue weighted by Gasteiger charge is 2.13. The molecular weight excluding hydrogens is 240 g/mol. The molecule has 0 saturated carbocycles. The minimum atomic E-state index is 0.282. The highest BCUT2D eigenvalue weighted by Crippen LogP contribution is 2.22. The van der Waals surface area contributed by atoms with Gasteiger partial charge >= 0.3 is 0 Å². The Bertz CT molecular complexity index is 358. The van der Waals surface area contributed by atoms with Crippen molar-refractivity contribution in [1.82, 2.24) is 10.3 Å². The summed E-state index contributed by atoms with van der Waals surface area (Å²) < 4.78 is 10.8. The van der Waals surface area contributed by atoms with Gasteiger partial charge in [-0.3, -0.25) is 4.98 Å². The predicted molar refractivity (Wildman–Crippen MR) is 77.5 cm³/mol. The molecule has 19 heavy (non-hydrogen) atoms. The van der Waals surface area contributed by atoms with Crippen LogP contribution in [0.4, 0.5) is 0 Å². The molecule has 0 fully saturated rings. The van der Waals surface area contributed by atoms with Crippen LogP contribution in [0.5, 0.6) is 5.75 Å². The zero-order valence-corrected chi connectivity index (χ0v) is 12.5. The van der Waals surface area contributed by atoms with Crippen molar-refractivity contribution in [2.24, 2.45) is 0 Å². The molecule has 1 aromatic heterocycles. The summed E-state index contributed by atoms with van der Waals surface area (Å²) in [7, 11) is 1.75. The van der Waals surface area contributed by atoms with Crippen LogP contribution in [-0.2, 0) is 4.74 Å². The average molecular weight is 266 g/mol. The molecule has 4 heteroatoms. The normalized spacial score (nSPS) is 14.1. The second-order valence-corrected chi connectivity index (χ2v) is 4.62. The summed E-state index contributed by atoms with van der Waals surface area (Å²) in [5.74, 6) is 0.836. The lowest BCUT2D eigenvalue weighted by Gasteiger charge is -2.20.